The Bertz CT molecular complexity index is 748. The first-order chi connectivity index (χ1) is 12.1. The Morgan fingerprint density at radius 3 is 2.64 bits per heavy atom. The summed E-state index contributed by atoms with van der Waals surface area (Å²) < 4.78 is 19.9. The van der Waals surface area contributed by atoms with Crippen LogP contribution in [0.4, 0.5) is 4.39 Å². The molecule has 1 heterocycles. The zero-order chi connectivity index (χ0) is 17.6. The van der Waals surface area contributed by atoms with Gasteiger partial charge in [-0.15, -0.1) is 0 Å². The van der Waals surface area contributed by atoms with E-state index in [1.807, 2.05) is 18.2 Å². The summed E-state index contributed by atoms with van der Waals surface area (Å²) in [6, 6.07) is 12.4. The van der Waals surface area contributed by atoms with Crippen molar-refractivity contribution < 1.29 is 18.8 Å². The first-order valence-corrected chi connectivity index (χ1v) is 9.14. The molecule has 0 unspecified atom stereocenters. The molecule has 0 saturated carbocycles. The largest absolute Gasteiger partial charge is 0.370 e. The van der Waals surface area contributed by atoms with Crippen LogP contribution in [-0.2, 0) is 17.8 Å². The van der Waals surface area contributed by atoms with Gasteiger partial charge in [0.2, 0.25) is 0 Å². The molecule has 132 valence electrons. The van der Waals surface area contributed by atoms with E-state index in [1.54, 1.807) is 6.07 Å². The Morgan fingerprint density at radius 1 is 1.16 bits per heavy atom. The molecule has 2 N–H and O–H groups in total. The van der Waals surface area contributed by atoms with E-state index in [0.29, 0.717) is 11.0 Å². The van der Waals surface area contributed by atoms with Gasteiger partial charge in [-0.1, -0.05) is 40.2 Å². The molecule has 0 atom stereocenters. The number of amides is 1. The highest BCUT2D eigenvalue weighted by molar-refractivity contribution is 9.10. The first kappa shape index (κ1) is 18.0. The Balaban J connectivity index is 1.66. The van der Waals surface area contributed by atoms with E-state index >= 15 is 0 Å². The number of carbonyl (C=O) groups excluding carboxylic acids is 1. The van der Waals surface area contributed by atoms with Gasteiger partial charge in [-0.05, 0) is 23.8 Å². The van der Waals surface area contributed by atoms with Crippen molar-refractivity contribution in [1.29, 1.82) is 0 Å². The molecular weight excluding hydrogens is 387 g/mol. The molecule has 1 fully saturated rings. The zero-order valence-electron chi connectivity index (χ0n) is 13.9. The van der Waals surface area contributed by atoms with Gasteiger partial charge in [0.1, 0.15) is 25.5 Å². The SMILES string of the molecule is O=C(NCc1ccccc1C[NH+]1CCOCC1)c1cc(Br)ccc1F. The quantitative estimate of drug-likeness (QED) is 0.794. The fraction of sp³-hybridized carbons (Fsp3) is 0.316. The zero-order valence-corrected chi connectivity index (χ0v) is 15.4. The van der Waals surface area contributed by atoms with Crippen LogP contribution in [0, 0.1) is 5.82 Å². The smallest absolute Gasteiger partial charge is 0.254 e. The highest BCUT2D eigenvalue weighted by Crippen LogP contribution is 2.16. The molecule has 3 rings (SSSR count). The van der Waals surface area contributed by atoms with Crippen molar-refractivity contribution in [3.05, 3.63) is 69.4 Å². The number of rotatable bonds is 5. The maximum atomic E-state index is 13.8. The van der Waals surface area contributed by atoms with Gasteiger partial charge in [0.15, 0.2) is 0 Å². The predicted molar refractivity (Wildman–Crippen MR) is 96.9 cm³/mol. The standard InChI is InChI=1S/C19H20BrFN2O2/c20-16-5-6-18(21)17(11-16)19(24)22-12-14-3-1-2-4-15(14)13-23-7-9-25-10-8-23/h1-6,11H,7-10,12-13H2,(H,22,24)/p+1. The van der Waals surface area contributed by atoms with E-state index in [1.165, 1.54) is 22.6 Å². The lowest BCUT2D eigenvalue weighted by atomic mass is 10.1. The van der Waals surface area contributed by atoms with Crippen LogP contribution in [0.5, 0.6) is 0 Å². The summed E-state index contributed by atoms with van der Waals surface area (Å²) in [7, 11) is 0. The van der Waals surface area contributed by atoms with Gasteiger partial charge in [0.25, 0.3) is 5.91 Å². The van der Waals surface area contributed by atoms with Gasteiger partial charge in [-0.2, -0.15) is 0 Å². The summed E-state index contributed by atoms with van der Waals surface area (Å²) in [4.78, 5) is 13.8. The number of ether oxygens (including phenoxy) is 1. The van der Waals surface area contributed by atoms with Crippen LogP contribution in [0.3, 0.4) is 0 Å². The monoisotopic (exact) mass is 407 g/mol. The van der Waals surface area contributed by atoms with Crippen molar-refractivity contribution in [2.45, 2.75) is 13.1 Å². The molecule has 2 aromatic carbocycles. The third-order valence-corrected chi connectivity index (χ3v) is 4.86. The molecule has 6 heteroatoms. The number of carbonyl (C=O) groups is 1. The highest BCUT2D eigenvalue weighted by Gasteiger charge is 2.17. The van der Waals surface area contributed by atoms with Crippen molar-refractivity contribution in [3.63, 3.8) is 0 Å². The lowest BCUT2D eigenvalue weighted by molar-refractivity contribution is -0.921. The Labute approximate surface area is 155 Å². The van der Waals surface area contributed by atoms with E-state index in [9.17, 15) is 9.18 Å². The second-order valence-electron chi connectivity index (χ2n) is 6.11. The van der Waals surface area contributed by atoms with Gasteiger partial charge in [0.05, 0.1) is 18.8 Å². The minimum atomic E-state index is -0.522. The second kappa shape index (κ2) is 8.56. The summed E-state index contributed by atoms with van der Waals surface area (Å²) in [6.07, 6.45) is 0. The first-order valence-electron chi connectivity index (χ1n) is 8.35. The summed E-state index contributed by atoms with van der Waals surface area (Å²) in [6.45, 7) is 4.84. The van der Waals surface area contributed by atoms with Crippen LogP contribution in [-0.4, -0.2) is 32.2 Å². The molecule has 1 aliphatic heterocycles. The van der Waals surface area contributed by atoms with Gasteiger partial charge in [-0.25, -0.2) is 4.39 Å². The molecule has 0 aliphatic carbocycles. The van der Waals surface area contributed by atoms with Crippen molar-refractivity contribution in [1.82, 2.24) is 5.32 Å². The van der Waals surface area contributed by atoms with Crippen molar-refractivity contribution in [3.8, 4) is 0 Å². The summed E-state index contributed by atoms with van der Waals surface area (Å²) in [5.74, 6) is -0.931. The van der Waals surface area contributed by atoms with Gasteiger partial charge in [-0.3, -0.25) is 4.79 Å². The Kier molecular flexibility index (Phi) is 6.18. The summed E-state index contributed by atoms with van der Waals surface area (Å²) in [5, 5.41) is 2.83. The van der Waals surface area contributed by atoms with Crippen molar-refractivity contribution in [2.75, 3.05) is 26.3 Å². The number of nitrogens with one attached hydrogen (secondary N) is 2. The maximum absolute atomic E-state index is 13.8. The third-order valence-electron chi connectivity index (χ3n) is 4.37. The van der Waals surface area contributed by atoms with Crippen LogP contribution in [0.15, 0.2) is 46.9 Å². The van der Waals surface area contributed by atoms with Gasteiger partial charge in [0, 0.05) is 16.6 Å². The van der Waals surface area contributed by atoms with Crippen molar-refractivity contribution in [2.24, 2.45) is 0 Å². The Morgan fingerprint density at radius 2 is 1.88 bits per heavy atom. The summed E-state index contributed by atoms with van der Waals surface area (Å²) in [5.41, 5.74) is 2.31. The lowest BCUT2D eigenvalue weighted by Crippen LogP contribution is -3.12. The average Bonchev–Trinajstić information content (AvgIpc) is 2.63. The Hall–Kier alpha value is -1.76. The van der Waals surface area contributed by atoms with E-state index < -0.39 is 11.7 Å². The number of morpholine rings is 1. The minimum absolute atomic E-state index is 0.0469. The van der Waals surface area contributed by atoms with E-state index in [0.717, 1.165) is 38.4 Å². The van der Waals surface area contributed by atoms with E-state index in [4.69, 9.17) is 4.74 Å². The molecular formula is C19H21BrFN2O2+. The number of benzene rings is 2. The molecule has 0 aromatic heterocycles. The summed E-state index contributed by atoms with van der Waals surface area (Å²) >= 11 is 3.27. The third kappa shape index (κ3) is 4.87. The molecule has 4 nitrogen and oxygen atoms in total. The molecule has 1 aliphatic rings. The molecule has 0 spiro atoms. The molecule has 0 radical (unpaired) electrons. The number of hydrogen-bond acceptors (Lipinski definition) is 2. The predicted octanol–water partition coefficient (Wildman–Crippen LogP) is 1.93. The molecule has 1 saturated heterocycles. The molecule has 25 heavy (non-hydrogen) atoms. The fourth-order valence-electron chi connectivity index (χ4n) is 2.95. The number of quaternary nitrogens is 1. The molecule has 1 amide bonds. The average molecular weight is 408 g/mol. The van der Waals surface area contributed by atoms with Crippen LogP contribution < -0.4 is 10.2 Å². The molecule has 0 bridgehead atoms. The van der Waals surface area contributed by atoms with E-state index in [-0.39, 0.29) is 5.56 Å². The number of halogens is 2. The van der Waals surface area contributed by atoms with Crippen LogP contribution >= 0.6 is 15.9 Å². The van der Waals surface area contributed by atoms with E-state index in [2.05, 4.69) is 27.3 Å². The number of hydrogen-bond donors (Lipinski definition) is 2. The van der Waals surface area contributed by atoms with Crippen molar-refractivity contribution >= 4 is 21.8 Å². The van der Waals surface area contributed by atoms with Crippen LogP contribution in [0.2, 0.25) is 0 Å². The van der Waals surface area contributed by atoms with Crippen LogP contribution in [0.25, 0.3) is 0 Å². The lowest BCUT2D eigenvalue weighted by Gasteiger charge is -2.24. The normalized spacial score (nSPS) is 15.1. The fourth-order valence-corrected chi connectivity index (χ4v) is 3.31. The van der Waals surface area contributed by atoms with Crippen LogP contribution in [0.1, 0.15) is 21.5 Å². The highest BCUT2D eigenvalue weighted by atomic mass is 79.9. The maximum Gasteiger partial charge on any atom is 0.254 e. The molecule has 2 aromatic rings. The topological polar surface area (TPSA) is 42.8 Å². The minimum Gasteiger partial charge on any atom is -0.370 e. The van der Waals surface area contributed by atoms with Gasteiger partial charge < -0.3 is 15.0 Å². The van der Waals surface area contributed by atoms with Gasteiger partial charge >= 0.3 is 0 Å². The second-order valence-corrected chi connectivity index (χ2v) is 7.03.